The summed E-state index contributed by atoms with van der Waals surface area (Å²) in [5, 5.41) is 1.31. The van der Waals surface area contributed by atoms with Crippen molar-refractivity contribution in [2.24, 2.45) is 0 Å². The van der Waals surface area contributed by atoms with Crippen molar-refractivity contribution in [3.05, 3.63) is 36.2 Å². The third kappa shape index (κ3) is 2.32. The van der Waals surface area contributed by atoms with Crippen molar-refractivity contribution in [3.8, 4) is 0 Å². The van der Waals surface area contributed by atoms with Gasteiger partial charge in [-0.1, -0.05) is 43.0 Å². The van der Waals surface area contributed by atoms with Gasteiger partial charge in [0.2, 0.25) is 0 Å². The summed E-state index contributed by atoms with van der Waals surface area (Å²) in [4.78, 5) is 11.3. The molecule has 0 unspecified atom stereocenters. The second kappa shape index (κ2) is 3.69. The number of carbonyl (C=O) groups excluding carboxylic acids is 1. The second-order valence-corrected chi connectivity index (χ2v) is 9.76. The molecule has 0 saturated carbocycles. The molecule has 0 amide bonds. The van der Waals surface area contributed by atoms with Crippen molar-refractivity contribution < 1.29 is 4.79 Å². The van der Waals surface area contributed by atoms with Gasteiger partial charge in [0.1, 0.15) is 0 Å². The standard InChI is InChI=1S/C12H17OSi/c1-9-6-7-11(14(3,4)5)8-12(9)10(2)13/h6-8H,1H2,2-5H3. The zero-order valence-electron chi connectivity index (χ0n) is 9.35. The molecule has 1 aromatic carbocycles. The average molecular weight is 205 g/mol. The zero-order valence-corrected chi connectivity index (χ0v) is 10.3. The molecule has 1 aromatic rings. The maximum Gasteiger partial charge on any atom is 0.160 e. The first-order chi connectivity index (χ1) is 6.32. The van der Waals surface area contributed by atoms with Gasteiger partial charge in [-0.05, 0) is 19.4 Å². The predicted octanol–water partition coefficient (Wildman–Crippen LogP) is 2.62. The SMILES string of the molecule is [CH2]c1ccc([Si](C)(C)C)cc1C(C)=O. The molecule has 0 aliphatic rings. The van der Waals surface area contributed by atoms with E-state index in [1.165, 1.54) is 5.19 Å². The minimum absolute atomic E-state index is 0.107. The summed E-state index contributed by atoms with van der Waals surface area (Å²) in [6.07, 6.45) is 0. The molecule has 0 aromatic heterocycles. The summed E-state index contributed by atoms with van der Waals surface area (Å²) in [7, 11) is -1.31. The third-order valence-electron chi connectivity index (χ3n) is 2.36. The number of carbonyl (C=O) groups is 1. The molecule has 1 rings (SSSR count). The van der Waals surface area contributed by atoms with E-state index in [2.05, 4.69) is 32.6 Å². The van der Waals surface area contributed by atoms with Crippen LogP contribution in [0.15, 0.2) is 18.2 Å². The molecule has 0 aliphatic heterocycles. The molecule has 75 valence electrons. The number of Topliss-reactive ketones (excluding diaryl/α,β-unsaturated/α-hetero) is 1. The minimum atomic E-state index is -1.31. The van der Waals surface area contributed by atoms with Gasteiger partial charge in [0.15, 0.2) is 5.78 Å². The largest absolute Gasteiger partial charge is 0.295 e. The van der Waals surface area contributed by atoms with Gasteiger partial charge < -0.3 is 0 Å². The topological polar surface area (TPSA) is 17.1 Å². The average Bonchev–Trinajstić information content (AvgIpc) is 2.02. The summed E-state index contributed by atoms with van der Waals surface area (Å²) >= 11 is 0. The Morgan fingerprint density at radius 2 is 1.86 bits per heavy atom. The minimum Gasteiger partial charge on any atom is -0.295 e. The van der Waals surface area contributed by atoms with Crippen molar-refractivity contribution in [1.82, 2.24) is 0 Å². The summed E-state index contributed by atoms with van der Waals surface area (Å²) in [6.45, 7) is 12.3. The third-order valence-corrected chi connectivity index (χ3v) is 4.40. The van der Waals surface area contributed by atoms with Crippen molar-refractivity contribution in [1.29, 1.82) is 0 Å². The van der Waals surface area contributed by atoms with E-state index >= 15 is 0 Å². The molecule has 2 heteroatoms. The zero-order chi connectivity index (χ0) is 10.9. The molecule has 0 N–H and O–H groups in total. The van der Waals surface area contributed by atoms with Gasteiger partial charge in [-0.3, -0.25) is 4.79 Å². The second-order valence-electron chi connectivity index (χ2n) is 4.68. The fourth-order valence-corrected chi connectivity index (χ4v) is 2.53. The van der Waals surface area contributed by atoms with Gasteiger partial charge in [-0.15, -0.1) is 0 Å². The quantitative estimate of drug-likeness (QED) is 0.536. The first-order valence-electron chi connectivity index (χ1n) is 4.80. The Morgan fingerprint density at radius 1 is 1.29 bits per heavy atom. The summed E-state index contributed by atoms with van der Waals surface area (Å²) in [5.41, 5.74) is 1.60. The molecular weight excluding hydrogens is 188 g/mol. The van der Waals surface area contributed by atoms with Gasteiger partial charge in [0, 0.05) is 5.56 Å². The number of hydrogen-bond donors (Lipinski definition) is 0. The molecule has 0 spiro atoms. The van der Waals surface area contributed by atoms with Crippen LogP contribution in [0, 0.1) is 6.92 Å². The van der Waals surface area contributed by atoms with E-state index in [1.807, 2.05) is 12.1 Å². The van der Waals surface area contributed by atoms with Crippen LogP contribution < -0.4 is 5.19 Å². The number of ketones is 1. The summed E-state index contributed by atoms with van der Waals surface area (Å²) in [5.74, 6) is 0.107. The van der Waals surface area contributed by atoms with Crippen LogP contribution in [0.2, 0.25) is 19.6 Å². The highest BCUT2D eigenvalue weighted by Crippen LogP contribution is 2.10. The molecule has 0 fully saturated rings. The van der Waals surface area contributed by atoms with Crippen LogP contribution in [0.25, 0.3) is 0 Å². The number of rotatable bonds is 2. The summed E-state index contributed by atoms with van der Waals surface area (Å²) in [6, 6.07) is 6.06. The Hall–Kier alpha value is -0.893. The first kappa shape index (κ1) is 11.2. The van der Waals surface area contributed by atoms with E-state index in [9.17, 15) is 4.79 Å². The molecule has 1 nitrogen and oxygen atoms in total. The lowest BCUT2D eigenvalue weighted by atomic mass is 10.1. The number of hydrogen-bond acceptors (Lipinski definition) is 1. The highest BCUT2D eigenvalue weighted by Gasteiger charge is 2.17. The fourth-order valence-electron chi connectivity index (χ4n) is 1.37. The summed E-state index contributed by atoms with van der Waals surface area (Å²) < 4.78 is 0. The van der Waals surface area contributed by atoms with E-state index < -0.39 is 8.07 Å². The van der Waals surface area contributed by atoms with E-state index in [4.69, 9.17) is 0 Å². The maximum absolute atomic E-state index is 11.3. The van der Waals surface area contributed by atoms with Crippen molar-refractivity contribution >= 4 is 19.0 Å². The Bertz CT molecular complexity index is 361. The van der Waals surface area contributed by atoms with Gasteiger partial charge in [-0.25, -0.2) is 0 Å². The van der Waals surface area contributed by atoms with Gasteiger partial charge in [-0.2, -0.15) is 0 Å². The normalized spacial score (nSPS) is 11.5. The van der Waals surface area contributed by atoms with E-state index in [1.54, 1.807) is 6.92 Å². The molecule has 0 aliphatic carbocycles. The smallest absolute Gasteiger partial charge is 0.160 e. The Labute approximate surface area is 87.2 Å². The van der Waals surface area contributed by atoms with E-state index in [0.717, 1.165) is 11.1 Å². The van der Waals surface area contributed by atoms with Crippen LogP contribution in [0.5, 0.6) is 0 Å². The van der Waals surface area contributed by atoms with Crippen LogP contribution in [0.1, 0.15) is 22.8 Å². The molecule has 0 atom stereocenters. The van der Waals surface area contributed by atoms with Crippen molar-refractivity contribution in [3.63, 3.8) is 0 Å². The lowest BCUT2D eigenvalue weighted by molar-refractivity contribution is 0.101. The van der Waals surface area contributed by atoms with Gasteiger partial charge >= 0.3 is 0 Å². The van der Waals surface area contributed by atoms with E-state index in [0.29, 0.717) is 0 Å². The maximum atomic E-state index is 11.3. The van der Waals surface area contributed by atoms with Crippen molar-refractivity contribution in [2.75, 3.05) is 0 Å². The van der Waals surface area contributed by atoms with Crippen LogP contribution >= 0.6 is 0 Å². The van der Waals surface area contributed by atoms with Crippen molar-refractivity contribution in [2.45, 2.75) is 26.6 Å². The van der Waals surface area contributed by atoms with Gasteiger partial charge in [0.25, 0.3) is 0 Å². The highest BCUT2D eigenvalue weighted by molar-refractivity contribution is 6.88. The molecule has 14 heavy (non-hydrogen) atoms. The van der Waals surface area contributed by atoms with E-state index in [-0.39, 0.29) is 5.78 Å². The van der Waals surface area contributed by atoms with Crippen LogP contribution in [0.3, 0.4) is 0 Å². The number of benzene rings is 1. The lowest BCUT2D eigenvalue weighted by Crippen LogP contribution is -2.37. The Balaban J connectivity index is 3.27. The predicted molar refractivity (Wildman–Crippen MR) is 63.9 cm³/mol. The lowest BCUT2D eigenvalue weighted by Gasteiger charge is -2.17. The van der Waals surface area contributed by atoms with Gasteiger partial charge in [0.05, 0.1) is 8.07 Å². The van der Waals surface area contributed by atoms with Crippen LogP contribution in [0.4, 0.5) is 0 Å². The molecular formula is C12H17OSi. The Morgan fingerprint density at radius 3 is 2.29 bits per heavy atom. The monoisotopic (exact) mass is 205 g/mol. The molecule has 0 bridgehead atoms. The van der Waals surface area contributed by atoms with Crippen LogP contribution in [-0.4, -0.2) is 13.9 Å². The molecule has 0 saturated heterocycles. The highest BCUT2D eigenvalue weighted by atomic mass is 28.3. The molecule has 0 heterocycles. The van der Waals surface area contributed by atoms with Crippen LogP contribution in [-0.2, 0) is 0 Å². The molecule has 1 radical (unpaired) electrons. The first-order valence-corrected chi connectivity index (χ1v) is 8.30. The Kier molecular flexibility index (Phi) is 2.95. The fraction of sp³-hybridized carbons (Fsp3) is 0.333.